The van der Waals surface area contributed by atoms with Crippen molar-refractivity contribution in [2.45, 2.75) is 38.6 Å². The van der Waals surface area contributed by atoms with Crippen molar-refractivity contribution in [2.24, 2.45) is 0 Å². The van der Waals surface area contributed by atoms with Gasteiger partial charge in [0.2, 0.25) is 0 Å². The summed E-state index contributed by atoms with van der Waals surface area (Å²) in [5, 5.41) is 4.18. The van der Waals surface area contributed by atoms with Gasteiger partial charge in [0.05, 0.1) is 0 Å². The maximum atomic E-state index is 5.75. The van der Waals surface area contributed by atoms with E-state index in [1.807, 2.05) is 0 Å². The fraction of sp³-hybridized carbons (Fsp3) is 0.833. The second kappa shape index (κ2) is 7.26. The van der Waals surface area contributed by atoms with E-state index in [4.69, 9.17) is 11.6 Å². The first kappa shape index (κ1) is 13.0. The highest BCUT2D eigenvalue weighted by molar-refractivity contribution is 6.29. The fourth-order valence-electron chi connectivity index (χ4n) is 2.15. The summed E-state index contributed by atoms with van der Waals surface area (Å²) in [5.74, 6) is 0. The second-order valence-electron chi connectivity index (χ2n) is 4.37. The number of hydrogen-bond donors (Lipinski definition) is 1. The number of hydrogen-bond acceptors (Lipinski definition) is 2. The zero-order valence-electron chi connectivity index (χ0n) is 9.77. The minimum atomic E-state index is 0.627. The lowest BCUT2D eigenvalue weighted by molar-refractivity contribution is 0.283. The molecular weight excluding hydrogens is 208 g/mol. The van der Waals surface area contributed by atoms with Gasteiger partial charge in [-0.3, -0.25) is 0 Å². The van der Waals surface area contributed by atoms with Gasteiger partial charge in [-0.2, -0.15) is 0 Å². The molecule has 1 saturated heterocycles. The molecule has 0 aromatic carbocycles. The monoisotopic (exact) mass is 230 g/mol. The molecule has 0 spiro atoms. The Labute approximate surface area is 98.7 Å². The maximum Gasteiger partial charge on any atom is 0.0310 e. The van der Waals surface area contributed by atoms with E-state index >= 15 is 0 Å². The molecular formula is C12H23ClN2. The molecule has 1 atom stereocenters. The molecule has 2 nitrogen and oxygen atoms in total. The van der Waals surface area contributed by atoms with E-state index in [1.54, 1.807) is 0 Å². The van der Waals surface area contributed by atoms with E-state index in [0.717, 1.165) is 6.54 Å². The van der Waals surface area contributed by atoms with E-state index in [9.17, 15) is 0 Å². The lowest BCUT2D eigenvalue weighted by Crippen LogP contribution is -2.31. The molecule has 0 radical (unpaired) electrons. The van der Waals surface area contributed by atoms with Crippen LogP contribution < -0.4 is 5.32 Å². The molecule has 15 heavy (non-hydrogen) atoms. The third-order valence-corrected chi connectivity index (χ3v) is 3.08. The quantitative estimate of drug-likeness (QED) is 0.781. The Morgan fingerprint density at radius 3 is 2.93 bits per heavy atom. The first-order valence-electron chi connectivity index (χ1n) is 6.01. The molecule has 1 aliphatic rings. The van der Waals surface area contributed by atoms with Crippen LogP contribution in [0.15, 0.2) is 11.6 Å². The minimum absolute atomic E-state index is 0.627. The van der Waals surface area contributed by atoms with Crippen molar-refractivity contribution in [2.75, 3.05) is 26.2 Å². The number of nitrogens with one attached hydrogen (secondary N) is 1. The third-order valence-electron chi connectivity index (χ3n) is 2.94. The summed E-state index contributed by atoms with van der Waals surface area (Å²) in [5.41, 5.74) is 0. The summed E-state index contributed by atoms with van der Waals surface area (Å²) in [6.07, 6.45) is 5.07. The molecule has 1 N–H and O–H groups in total. The molecule has 0 saturated carbocycles. The van der Waals surface area contributed by atoms with Crippen LogP contribution in [0, 0.1) is 0 Å². The van der Waals surface area contributed by atoms with Gasteiger partial charge in [0.15, 0.2) is 0 Å². The lowest BCUT2D eigenvalue weighted by Gasteiger charge is -2.19. The smallest absolute Gasteiger partial charge is 0.0310 e. The van der Waals surface area contributed by atoms with Gasteiger partial charge < -0.3 is 10.2 Å². The van der Waals surface area contributed by atoms with Crippen LogP contribution in [0.2, 0.25) is 0 Å². The van der Waals surface area contributed by atoms with Crippen molar-refractivity contribution >= 4 is 11.6 Å². The molecule has 1 aliphatic heterocycles. The summed E-state index contributed by atoms with van der Waals surface area (Å²) in [6.45, 7) is 10.4. The van der Waals surface area contributed by atoms with Gasteiger partial charge in [0.25, 0.3) is 0 Å². The van der Waals surface area contributed by atoms with E-state index < -0.39 is 0 Å². The van der Waals surface area contributed by atoms with Crippen molar-refractivity contribution in [1.29, 1.82) is 0 Å². The highest BCUT2D eigenvalue weighted by atomic mass is 35.5. The Balaban J connectivity index is 2.23. The van der Waals surface area contributed by atoms with Gasteiger partial charge >= 0.3 is 0 Å². The van der Waals surface area contributed by atoms with Crippen molar-refractivity contribution < 1.29 is 0 Å². The summed E-state index contributed by atoms with van der Waals surface area (Å²) in [7, 11) is 0. The van der Waals surface area contributed by atoms with Crippen LogP contribution in [0.1, 0.15) is 32.6 Å². The molecule has 0 aliphatic carbocycles. The van der Waals surface area contributed by atoms with Gasteiger partial charge in [0, 0.05) is 17.6 Å². The SMILES string of the molecule is C=C(Cl)CNC1CCCN(CCC)CC1. The van der Waals surface area contributed by atoms with Gasteiger partial charge in [-0.05, 0) is 45.3 Å². The predicted octanol–water partition coefficient (Wildman–Crippen LogP) is 2.59. The Hall–Kier alpha value is -0.0500. The fourth-order valence-corrected chi connectivity index (χ4v) is 2.23. The highest BCUT2D eigenvalue weighted by Crippen LogP contribution is 2.11. The maximum absolute atomic E-state index is 5.75. The molecule has 3 heteroatoms. The summed E-state index contributed by atoms with van der Waals surface area (Å²) < 4.78 is 0. The zero-order valence-corrected chi connectivity index (χ0v) is 10.5. The van der Waals surface area contributed by atoms with Gasteiger partial charge in [0.1, 0.15) is 0 Å². The first-order chi connectivity index (χ1) is 7.22. The molecule has 1 unspecified atom stereocenters. The number of halogens is 1. The molecule has 88 valence electrons. The average molecular weight is 231 g/mol. The number of rotatable bonds is 5. The van der Waals surface area contributed by atoms with Gasteiger partial charge in [-0.25, -0.2) is 0 Å². The second-order valence-corrected chi connectivity index (χ2v) is 4.90. The molecule has 0 bridgehead atoms. The molecule has 1 rings (SSSR count). The Kier molecular flexibility index (Phi) is 6.30. The topological polar surface area (TPSA) is 15.3 Å². The van der Waals surface area contributed by atoms with E-state index in [-0.39, 0.29) is 0 Å². The van der Waals surface area contributed by atoms with Crippen LogP contribution in [0.3, 0.4) is 0 Å². The van der Waals surface area contributed by atoms with Crippen molar-refractivity contribution in [1.82, 2.24) is 10.2 Å². The predicted molar refractivity (Wildman–Crippen MR) is 67.4 cm³/mol. The normalized spacial score (nSPS) is 23.7. The first-order valence-corrected chi connectivity index (χ1v) is 6.39. The van der Waals surface area contributed by atoms with Crippen LogP contribution in [0.4, 0.5) is 0 Å². The van der Waals surface area contributed by atoms with E-state index in [1.165, 1.54) is 45.3 Å². The zero-order chi connectivity index (χ0) is 11.1. The molecule has 0 aromatic heterocycles. The minimum Gasteiger partial charge on any atom is -0.309 e. The van der Waals surface area contributed by atoms with Gasteiger partial charge in [-0.15, -0.1) is 0 Å². The molecule has 0 aromatic rings. The van der Waals surface area contributed by atoms with Crippen molar-refractivity contribution in [3.63, 3.8) is 0 Å². The summed E-state index contributed by atoms with van der Waals surface area (Å²) in [6, 6.07) is 0.627. The Morgan fingerprint density at radius 1 is 1.47 bits per heavy atom. The van der Waals surface area contributed by atoms with Crippen molar-refractivity contribution in [3.05, 3.63) is 11.6 Å². The molecule has 0 amide bonds. The number of likely N-dealkylation sites (tertiary alicyclic amines) is 1. The molecule has 1 heterocycles. The lowest BCUT2D eigenvalue weighted by atomic mass is 10.1. The third kappa shape index (κ3) is 5.55. The standard InChI is InChI=1S/C12H23ClN2/c1-3-7-15-8-4-5-12(6-9-15)14-10-11(2)13/h12,14H,2-10H2,1H3. The van der Waals surface area contributed by atoms with E-state index in [2.05, 4.69) is 23.7 Å². The van der Waals surface area contributed by atoms with Crippen molar-refractivity contribution in [3.8, 4) is 0 Å². The van der Waals surface area contributed by atoms with Crippen LogP contribution in [-0.4, -0.2) is 37.1 Å². The highest BCUT2D eigenvalue weighted by Gasteiger charge is 2.15. The van der Waals surface area contributed by atoms with Crippen LogP contribution in [0.5, 0.6) is 0 Å². The Bertz CT molecular complexity index is 194. The molecule has 1 fully saturated rings. The average Bonchev–Trinajstić information content (AvgIpc) is 2.41. The largest absolute Gasteiger partial charge is 0.309 e. The summed E-state index contributed by atoms with van der Waals surface area (Å²) in [4.78, 5) is 2.57. The van der Waals surface area contributed by atoms with Crippen LogP contribution >= 0.6 is 11.6 Å². The number of nitrogens with zero attached hydrogens (tertiary/aromatic N) is 1. The summed E-state index contributed by atoms with van der Waals surface area (Å²) >= 11 is 5.75. The van der Waals surface area contributed by atoms with E-state index in [0.29, 0.717) is 11.1 Å². The van der Waals surface area contributed by atoms with Crippen LogP contribution in [-0.2, 0) is 0 Å². The van der Waals surface area contributed by atoms with Crippen LogP contribution in [0.25, 0.3) is 0 Å². The Morgan fingerprint density at radius 2 is 2.27 bits per heavy atom. The van der Waals surface area contributed by atoms with Gasteiger partial charge in [-0.1, -0.05) is 25.1 Å².